The molecule has 0 spiro atoms. The minimum absolute atomic E-state index is 0.171. The molecule has 2 saturated heterocycles. The number of methoxy groups -OCH3 is 2. The van der Waals surface area contributed by atoms with Gasteiger partial charge >= 0.3 is 0 Å². The van der Waals surface area contributed by atoms with Crippen LogP contribution in [0.25, 0.3) is 11.2 Å². The molecule has 3 aliphatic heterocycles. The van der Waals surface area contributed by atoms with Gasteiger partial charge < -0.3 is 55.8 Å². The lowest BCUT2D eigenvalue weighted by molar-refractivity contribution is -0.0592. The highest BCUT2D eigenvalue weighted by atomic mass is 16.6. The van der Waals surface area contributed by atoms with Gasteiger partial charge in [-0.05, 0) is 0 Å². The first-order valence-corrected chi connectivity index (χ1v) is 13.0. The molecule has 3 aromatic rings. The Labute approximate surface area is 239 Å². The number of fused-ring (bicyclic) bond motifs is 2. The molecule has 9 atom stereocenters. The van der Waals surface area contributed by atoms with E-state index in [1.807, 2.05) is 0 Å². The third-order valence-electron chi connectivity index (χ3n) is 7.39. The van der Waals surface area contributed by atoms with Crippen LogP contribution in [0, 0.1) is 5.41 Å². The fourth-order valence-corrected chi connectivity index (χ4v) is 5.16. The summed E-state index contributed by atoms with van der Waals surface area (Å²) < 4.78 is 25.1. The molecule has 0 radical (unpaired) electrons. The van der Waals surface area contributed by atoms with Crippen LogP contribution in [0.1, 0.15) is 18.1 Å². The highest BCUT2D eigenvalue weighted by molar-refractivity contribution is 6.14. The van der Waals surface area contributed by atoms with Gasteiger partial charge in [0.25, 0.3) is 0 Å². The summed E-state index contributed by atoms with van der Waals surface area (Å²) in [5.41, 5.74) is 7.43. The van der Waals surface area contributed by atoms with E-state index in [0.717, 1.165) is 0 Å². The van der Waals surface area contributed by atoms with E-state index in [1.54, 1.807) is 22.5 Å². The van der Waals surface area contributed by atoms with Crippen LogP contribution in [0.3, 0.4) is 0 Å². The van der Waals surface area contributed by atoms with Crippen molar-refractivity contribution in [2.75, 3.05) is 39.8 Å². The van der Waals surface area contributed by atoms with E-state index in [-0.39, 0.29) is 18.9 Å². The summed E-state index contributed by atoms with van der Waals surface area (Å²) >= 11 is 0. The van der Waals surface area contributed by atoms with E-state index in [2.05, 4.69) is 30.2 Å². The quantitative estimate of drug-likeness (QED) is 0.153. The third-order valence-corrected chi connectivity index (χ3v) is 7.39. The number of nitrogens with two attached hydrogens (primary N) is 1. The van der Waals surface area contributed by atoms with Crippen LogP contribution < -0.4 is 11.1 Å². The molecule has 228 valence electrons. The number of hydrogen-bond acceptors (Lipinski definition) is 16. The van der Waals surface area contributed by atoms with Crippen molar-refractivity contribution in [2.45, 2.75) is 55.1 Å². The van der Waals surface area contributed by atoms with Gasteiger partial charge in [-0.1, -0.05) is 0 Å². The molecule has 8 N–H and O–H groups in total. The lowest BCUT2D eigenvalue weighted by Crippen LogP contribution is -2.35. The van der Waals surface area contributed by atoms with Gasteiger partial charge in [0, 0.05) is 27.5 Å². The second kappa shape index (κ2) is 12.4. The summed E-state index contributed by atoms with van der Waals surface area (Å²) in [5, 5.41) is 49.5. The number of ether oxygens (including phenoxy) is 4. The highest BCUT2D eigenvalue weighted by Crippen LogP contribution is 2.36. The topological polar surface area (TPSA) is 254 Å². The molecule has 6 heterocycles. The van der Waals surface area contributed by atoms with Gasteiger partial charge in [0.2, 0.25) is 0 Å². The molecule has 0 saturated carbocycles. The Kier molecular flexibility index (Phi) is 8.87. The van der Waals surface area contributed by atoms with Gasteiger partial charge in [-0.25, -0.2) is 24.9 Å². The van der Waals surface area contributed by atoms with Crippen molar-refractivity contribution in [1.82, 2.24) is 29.1 Å². The van der Waals surface area contributed by atoms with E-state index in [0.29, 0.717) is 28.5 Å². The van der Waals surface area contributed by atoms with E-state index in [1.165, 1.54) is 33.1 Å². The molecule has 0 amide bonds. The molecule has 0 aromatic carbocycles. The number of hydrogen-bond donors (Lipinski definition) is 7. The molecule has 18 heteroatoms. The number of nitrogens with zero attached hydrogens (tertiary/aromatic N) is 7. The van der Waals surface area contributed by atoms with Crippen LogP contribution in [0.5, 0.6) is 0 Å². The number of nitrogens with one attached hydrogen (secondary N) is 2. The highest BCUT2D eigenvalue weighted by Gasteiger charge is 2.46. The first-order chi connectivity index (χ1) is 20.3. The summed E-state index contributed by atoms with van der Waals surface area (Å²) in [4.78, 5) is 20.9. The number of imidazole rings is 2. The molecule has 0 aliphatic carbocycles. The largest absolute Gasteiger partial charge is 0.394 e. The molecule has 0 bridgehead atoms. The van der Waals surface area contributed by atoms with Gasteiger partial charge in [0.15, 0.2) is 29.7 Å². The zero-order valence-electron chi connectivity index (χ0n) is 23.0. The Bertz CT molecular complexity index is 1430. The van der Waals surface area contributed by atoms with Crippen LogP contribution in [-0.4, -0.2) is 139 Å². The zero-order valence-corrected chi connectivity index (χ0v) is 23.0. The fourth-order valence-electron chi connectivity index (χ4n) is 5.16. The lowest BCUT2D eigenvalue weighted by Gasteiger charge is -2.22. The minimum Gasteiger partial charge on any atom is -0.394 e. The Morgan fingerprint density at radius 1 is 0.952 bits per heavy atom. The van der Waals surface area contributed by atoms with E-state index in [4.69, 9.17) is 30.1 Å². The average Bonchev–Trinajstić information content (AvgIpc) is 3.77. The van der Waals surface area contributed by atoms with E-state index >= 15 is 0 Å². The molecule has 3 aromatic heterocycles. The first kappa shape index (κ1) is 30.0. The summed E-state index contributed by atoms with van der Waals surface area (Å²) in [6.45, 7) is -0.612. The molecule has 3 aliphatic rings. The maximum atomic E-state index is 10.1. The van der Waals surface area contributed by atoms with E-state index < -0.39 is 55.1 Å². The number of aromatic nitrogens is 6. The monoisotopic (exact) mass is 590 g/mol. The van der Waals surface area contributed by atoms with Crippen molar-refractivity contribution in [1.29, 1.82) is 5.41 Å². The van der Waals surface area contributed by atoms with Gasteiger partial charge in [-0.3, -0.25) is 9.13 Å². The summed E-state index contributed by atoms with van der Waals surface area (Å²) in [5.74, 6) is 1.03. The predicted octanol–water partition coefficient (Wildman–Crippen LogP) is -2.31. The van der Waals surface area contributed by atoms with Gasteiger partial charge in [0.05, 0.1) is 37.6 Å². The zero-order chi connectivity index (χ0) is 30.1. The van der Waals surface area contributed by atoms with Crippen LogP contribution in [-0.2, 0) is 18.9 Å². The van der Waals surface area contributed by atoms with Crippen LogP contribution >= 0.6 is 0 Å². The smallest absolute Gasteiger partial charge is 0.167 e. The van der Waals surface area contributed by atoms with E-state index in [9.17, 15) is 20.4 Å². The second-order valence-corrected chi connectivity index (χ2v) is 9.72. The number of aliphatic hydroxyl groups excluding tert-OH is 4. The predicted molar refractivity (Wildman–Crippen MR) is 146 cm³/mol. The third kappa shape index (κ3) is 5.06. The van der Waals surface area contributed by atoms with Crippen LogP contribution in [0.15, 0.2) is 24.0 Å². The fraction of sp³-hybridized carbons (Fsp3) is 0.583. The normalized spacial score (nSPS) is 32.2. The second-order valence-electron chi connectivity index (χ2n) is 9.72. The number of anilines is 1. The Balaban J connectivity index is 0.000000168. The average molecular weight is 591 g/mol. The first-order valence-electron chi connectivity index (χ1n) is 13.0. The molecule has 18 nitrogen and oxygen atoms in total. The van der Waals surface area contributed by atoms with Crippen molar-refractivity contribution in [3.05, 3.63) is 24.7 Å². The summed E-state index contributed by atoms with van der Waals surface area (Å²) in [7, 11) is 4.68. The van der Waals surface area contributed by atoms with Crippen molar-refractivity contribution in [2.24, 2.45) is 10.7 Å². The van der Waals surface area contributed by atoms with Crippen LogP contribution in [0.4, 0.5) is 11.6 Å². The van der Waals surface area contributed by atoms with Crippen molar-refractivity contribution in [3.63, 3.8) is 0 Å². The molecule has 2 fully saturated rings. The minimum atomic E-state index is -0.961. The van der Waals surface area contributed by atoms with Crippen molar-refractivity contribution < 1.29 is 39.4 Å². The lowest BCUT2D eigenvalue weighted by atomic mass is 10.1. The summed E-state index contributed by atoms with van der Waals surface area (Å²) in [6, 6.07) is -0.584. The molecule has 42 heavy (non-hydrogen) atoms. The standard InChI is InChI=1S/2C12H17N5O4/c1-13-10-7-11(15-4-14-10)17(5-16-7)12-9(20-2)8(19)6(3-18)21-12;1-20-10-9(19)6(3-18)21-12(10)17-4-16-8-7(14)5(13)2-15-11(8)17/h4-6,8-9,12,18-19H,3H2,1-2H3,(H,13,14,15);2,4-6,9-10,12,14,18-19H,3,13H2,1H3/t6-,8+,9?,12-;5?,6-,9+,10?,12-/m11/s1. The number of aliphatic hydroxyl groups is 4. The van der Waals surface area contributed by atoms with Gasteiger partial charge in [-0.2, -0.15) is 0 Å². The molecule has 6 rings (SSSR count). The molecular weight excluding hydrogens is 556 g/mol. The maximum Gasteiger partial charge on any atom is 0.167 e. The SMILES string of the molecule is CNc1ncnc2c1ncn2[C@@H]1O[C@H](CO)[C@H](O)C1OC.COC1[C@@H](O)[C@@H](CO)O[C@H]1n1cnc2c1N=CC(N)C2=N. The Morgan fingerprint density at radius 3 is 2.12 bits per heavy atom. The molecule has 3 unspecified atom stereocenters. The number of rotatable bonds is 7. The van der Waals surface area contributed by atoms with Crippen molar-refractivity contribution >= 4 is 34.7 Å². The van der Waals surface area contributed by atoms with Gasteiger partial charge in [-0.15, -0.1) is 0 Å². The van der Waals surface area contributed by atoms with Gasteiger partial charge in [0.1, 0.15) is 54.2 Å². The van der Waals surface area contributed by atoms with Crippen LogP contribution in [0.2, 0.25) is 0 Å². The summed E-state index contributed by atoms with van der Waals surface area (Å²) in [6.07, 6.45) is -0.0120. The molecular formula is C24H34N10O8. The van der Waals surface area contributed by atoms with Crippen molar-refractivity contribution in [3.8, 4) is 0 Å². The Morgan fingerprint density at radius 2 is 1.55 bits per heavy atom. The number of aliphatic imine (C=N–C) groups is 1. The maximum absolute atomic E-state index is 10.1. The Hall–Kier alpha value is -3.46.